The van der Waals surface area contributed by atoms with Gasteiger partial charge < -0.3 is 19.6 Å². The van der Waals surface area contributed by atoms with E-state index in [4.69, 9.17) is 9.47 Å². The summed E-state index contributed by atoms with van der Waals surface area (Å²) in [6.07, 6.45) is 1.34. The zero-order chi connectivity index (χ0) is 20.4. The fraction of sp³-hybridized carbons (Fsp3) is 0.105. The Bertz CT molecular complexity index is 1250. The number of aromatic amines is 1. The number of anilines is 1. The van der Waals surface area contributed by atoms with E-state index in [1.54, 1.807) is 12.1 Å². The molecule has 0 spiro atoms. The third-order valence-corrected chi connectivity index (χ3v) is 4.28. The summed E-state index contributed by atoms with van der Waals surface area (Å²) in [7, 11) is 2.81. The molecule has 146 valence electrons. The number of carboxylic acids is 1. The SMILES string of the molecule is COc1ccc(/C=N/Nc2nnc3c(n2)[nH]c2ccccc23)c(C(=O)O)c1OC. The Morgan fingerprint density at radius 3 is 2.76 bits per heavy atom. The van der Waals surface area contributed by atoms with Gasteiger partial charge in [-0.1, -0.05) is 18.2 Å². The van der Waals surface area contributed by atoms with Gasteiger partial charge >= 0.3 is 5.97 Å². The van der Waals surface area contributed by atoms with Crippen LogP contribution in [0, 0.1) is 0 Å². The Kier molecular flexibility index (Phi) is 4.65. The van der Waals surface area contributed by atoms with Crippen LogP contribution in [-0.2, 0) is 0 Å². The number of para-hydroxylation sites is 1. The molecule has 0 saturated heterocycles. The molecule has 0 radical (unpaired) electrons. The molecule has 0 amide bonds. The predicted molar refractivity (Wildman–Crippen MR) is 107 cm³/mol. The topological polar surface area (TPSA) is 135 Å². The number of H-pyrrole nitrogens is 1. The minimum absolute atomic E-state index is 0.0671. The molecular weight excluding hydrogens is 376 g/mol. The van der Waals surface area contributed by atoms with Gasteiger partial charge in [0.1, 0.15) is 11.1 Å². The summed E-state index contributed by atoms with van der Waals surface area (Å²) < 4.78 is 10.3. The Morgan fingerprint density at radius 2 is 2.00 bits per heavy atom. The van der Waals surface area contributed by atoms with Crippen molar-refractivity contribution < 1.29 is 19.4 Å². The molecule has 0 saturated carbocycles. The normalized spacial score (nSPS) is 11.2. The van der Waals surface area contributed by atoms with Crippen molar-refractivity contribution in [2.75, 3.05) is 19.6 Å². The van der Waals surface area contributed by atoms with Crippen LogP contribution in [0.25, 0.3) is 22.1 Å². The van der Waals surface area contributed by atoms with Crippen molar-refractivity contribution in [3.05, 3.63) is 47.5 Å². The standard InChI is InChI=1S/C19H16N6O4/c1-28-13-8-7-10(14(18(26)27)16(13)29-2)9-20-24-19-22-17-15(23-25-19)11-5-3-4-6-12(11)21-17/h3-9H,1-2H3,(H,26,27)(H2,21,22,24,25)/b20-9+. The van der Waals surface area contributed by atoms with Gasteiger partial charge in [0.15, 0.2) is 17.1 Å². The maximum Gasteiger partial charge on any atom is 0.340 e. The van der Waals surface area contributed by atoms with Crippen molar-refractivity contribution in [2.24, 2.45) is 5.10 Å². The quantitative estimate of drug-likeness (QED) is 0.337. The molecule has 4 rings (SSSR count). The van der Waals surface area contributed by atoms with Crippen LogP contribution in [0.1, 0.15) is 15.9 Å². The van der Waals surface area contributed by atoms with Crippen molar-refractivity contribution in [2.45, 2.75) is 0 Å². The van der Waals surface area contributed by atoms with E-state index in [0.717, 1.165) is 10.9 Å². The van der Waals surface area contributed by atoms with E-state index in [1.165, 1.54) is 20.4 Å². The van der Waals surface area contributed by atoms with Crippen molar-refractivity contribution in [3.8, 4) is 11.5 Å². The number of nitrogens with one attached hydrogen (secondary N) is 2. The van der Waals surface area contributed by atoms with E-state index in [0.29, 0.717) is 22.5 Å². The summed E-state index contributed by atoms with van der Waals surface area (Å²) in [5.74, 6) is -0.578. The van der Waals surface area contributed by atoms with Crippen LogP contribution >= 0.6 is 0 Å². The van der Waals surface area contributed by atoms with Gasteiger partial charge in [-0.25, -0.2) is 10.2 Å². The Morgan fingerprint density at radius 1 is 1.17 bits per heavy atom. The van der Waals surface area contributed by atoms with Crippen LogP contribution in [0.4, 0.5) is 5.95 Å². The van der Waals surface area contributed by atoms with Gasteiger partial charge in [0.25, 0.3) is 5.95 Å². The fourth-order valence-electron chi connectivity index (χ4n) is 3.00. The number of nitrogens with zero attached hydrogens (tertiary/aromatic N) is 4. The zero-order valence-corrected chi connectivity index (χ0v) is 15.5. The molecule has 2 aromatic carbocycles. The lowest BCUT2D eigenvalue weighted by Gasteiger charge is -2.12. The molecule has 10 heteroatoms. The Labute approximate surface area is 164 Å². The minimum Gasteiger partial charge on any atom is -0.493 e. The third-order valence-electron chi connectivity index (χ3n) is 4.28. The number of methoxy groups -OCH3 is 2. The second kappa shape index (κ2) is 7.43. The van der Waals surface area contributed by atoms with Gasteiger partial charge in [0, 0.05) is 16.5 Å². The smallest absolute Gasteiger partial charge is 0.340 e. The summed E-state index contributed by atoms with van der Waals surface area (Å²) in [4.78, 5) is 19.2. The molecule has 0 aliphatic heterocycles. The number of ether oxygens (including phenoxy) is 2. The number of fused-ring (bicyclic) bond motifs is 3. The molecule has 29 heavy (non-hydrogen) atoms. The maximum absolute atomic E-state index is 11.7. The van der Waals surface area contributed by atoms with E-state index >= 15 is 0 Å². The molecule has 10 nitrogen and oxygen atoms in total. The number of benzene rings is 2. The summed E-state index contributed by atoms with van der Waals surface area (Å²) in [6.45, 7) is 0. The van der Waals surface area contributed by atoms with Gasteiger partial charge in [0.05, 0.1) is 20.4 Å². The molecule has 0 aliphatic carbocycles. The van der Waals surface area contributed by atoms with Gasteiger partial charge in [-0.3, -0.25) is 0 Å². The average molecular weight is 392 g/mol. The first kappa shape index (κ1) is 18.2. The Balaban J connectivity index is 1.63. The van der Waals surface area contributed by atoms with Gasteiger partial charge in [0.2, 0.25) is 0 Å². The highest BCUT2D eigenvalue weighted by molar-refractivity contribution is 6.03. The summed E-state index contributed by atoms with van der Waals surface area (Å²) in [5, 5.41) is 22.7. The number of aromatic nitrogens is 4. The average Bonchev–Trinajstić information content (AvgIpc) is 3.10. The van der Waals surface area contributed by atoms with Crippen LogP contribution in [0.3, 0.4) is 0 Å². The second-order valence-corrected chi connectivity index (χ2v) is 5.94. The number of aromatic carboxylic acids is 1. The fourth-order valence-corrected chi connectivity index (χ4v) is 3.00. The zero-order valence-electron chi connectivity index (χ0n) is 15.5. The highest BCUT2D eigenvalue weighted by atomic mass is 16.5. The van der Waals surface area contributed by atoms with Crippen molar-refractivity contribution in [3.63, 3.8) is 0 Å². The first-order valence-electron chi connectivity index (χ1n) is 8.51. The lowest BCUT2D eigenvalue weighted by Crippen LogP contribution is -2.07. The van der Waals surface area contributed by atoms with E-state index in [2.05, 4.69) is 30.7 Å². The summed E-state index contributed by atoms with van der Waals surface area (Å²) in [5.41, 5.74) is 5.04. The molecule has 0 fully saturated rings. The van der Waals surface area contributed by atoms with Crippen LogP contribution in [-0.4, -0.2) is 51.7 Å². The second-order valence-electron chi connectivity index (χ2n) is 5.94. The van der Waals surface area contributed by atoms with Gasteiger partial charge in [-0.05, 0) is 18.2 Å². The van der Waals surface area contributed by atoms with Crippen molar-refractivity contribution >= 4 is 40.2 Å². The first-order chi connectivity index (χ1) is 14.1. The molecule has 0 bridgehead atoms. The van der Waals surface area contributed by atoms with Crippen molar-refractivity contribution in [1.82, 2.24) is 20.2 Å². The van der Waals surface area contributed by atoms with Gasteiger partial charge in [-0.2, -0.15) is 10.1 Å². The minimum atomic E-state index is -1.17. The lowest BCUT2D eigenvalue weighted by atomic mass is 10.1. The van der Waals surface area contributed by atoms with E-state index in [9.17, 15) is 9.90 Å². The number of rotatable bonds is 6. The Hall–Kier alpha value is -4.21. The summed E-state index contributed by atoms with van der Waals surface area (Å²) >= 11 is 0. The first-order valence-corrected chi connectivity index (χ1v) is 8.51. The molecule has 0 aliphatic rings. The number of hydrazone groups is 1. The van der Waals surface area contributed by atoms with Crippen LogP contribution < -0.4 is 14.9 Å². The van der Waals surface area contributed by atoms with Gasteiger partial charge in [-0.15, -0.1) is 10.2 Å². The lowest BCUT2D eigenvalue weighted by molar-refractivity contribution is 0.0692. The third kappa shape index (κ3) is 3.27. The van der Waals surface area contributed by atoms with E-state index in [-0.39, 0.29) is 17.3 Å². The highest BCUT2D eigenvalue weighted by Crippen LogP contribution is 2.33. The number of hydrogen-bond acceptors (Lipinski definition) is 8. The highest BCUT2D eigenvalue weighted by Gasteiger charge is 2.20. The van der Waals surface area contributed by atoms with Crippen LogP contribution in [0.15, 0.2) is 41.5 Å². The largest absolute Gasteiger partial charge is 0.493 e. The molecule has 2 heterocycles. The summed E-state index contributed by atoms with van der Waals surface area (Å²) in [6, 6.07) is 10.8. The molecule has 4 aromatic rings. The molecule has 0 atom stereocenters. The predicted octanol–water partition coefficient (Wildman–Crippen LogP) is 2.67. The monoisotopic (exact) mass is 392 g/mol. The molecule has 0 unspecified atom stereocenters. The number of carbonyl (C=O) groups is 1. The number of carboxylic acid groups (broad SMARTS) is 1. The van der Waals surface area contributed by atoms with E-state index in [1.807, 2.05) is 24.3 Å². The molecule has 2 aromatic heterocycles. The van der Waals surface area contributed by atoms with Crippen LogP contribution in [0.2, 0.25) is 0 Å². The molecule has 3 N–H and O–H groups in total. The van der Waals surface area contributed by atoms with E-state index < -0.39 is 5.97 Å². The number of hydrogen-bond donors (Lipinski definition) is 3. The van der Waals surface area contributed by atoms with Crippen molar-refractivity contribution in [1.29, 1.82) is 0 Å². The molecular formula is C19H16N6O4. The maximum atomic E-state index is 11.7. The van der Waals surface area contributed by atoms with Crippen LogP contribution in [0.5, 0.6) is 11.5 Å².